The number of aromatic nitrogens is 1. The summed E-state index contributed by atoms with van der Waals surface area (Å²) in [6.45, 7) is 5.47. The SMILES string of the molecule is Cc1csc(NC(=O)N[C@H]2CC(C)(C)OC2=O)n1. The number of aryl methyl sites for hydroxylation is 1. The number of ether oxygens (including phenoxy) is 1. The topological polar surface area (TPSA) is 80.3 Å². The molecule has 0 radical (unpaired) electrons. The second-order valence-electron chi connectivity index (χ2n) is 4.83. The number of urea groups is 1. The van der Waals surface area contributed by atoms with E-state index < -0.39 is 23.6 Å². The lowest BCUT2D eigenvalue weighted by Gasteiger charge is -2.14. The van der Waals surface area contributed by atoms with Crippen LogP contribution in [0.5, 0.6) is 0 Å². The van der Waals surface area contributed by atoms with Gasteiger partial charge in [0.25, 0.3) is 0 Å². The van der Waals surface area contributed by atoms with Crippen molar-refractivity contribution in [3.8, 4) is 0 Å². The smallest absolute Gasteiger partial charge is 0.329 e. The van der Waals surface area contributed by atoms with Gasteiger partial charge in [0.15, 0.2) is 5.13 Å². The second kappa shape index (κ2) is 4.56. The van der Waals surface area contributed by atoms with E-state index in [1.807, 2.05) is 26.2 Å². The molecule has 2 N–H and O–H groups in total. The first-order valence-electron chi connectivity index (χ1n) is 5.58. The number of esters is 1. The first kappa shape index (κ1) is 12.8. The molecule has 0 unspecified atom stereocenters. The third kappa shape index (κ3) is 2.98. The molecule has 1 fully saturated rings. The van der Waals surface area contributed by atoms with Crippen LogP contribution < -0.4 is 10.6 Å². The van der Waals surface area contributed by atoms with Gasteiger partial charge in [-0.1, -0.05) is 0 Å². The van der Waals surface area contributed by atoms with Gasteiger partial charge in [-0.25, -0.2) is 14.6 Å². The third-order valence-corrected chi connectivity index (χ3v) is 3.38. The van der Waals surface area contributed by atoms with Gasteiger partial charge < -0.3 is 10.1 Å². The molecule has 1 aliphatic heterocycles. The van der Waals surface area contributed by atoms with E-state index in [9.17, 15) is 9.59 Å². The number of thiazole rings is 1. The fourth-order valence-electron chi connectivity index (χ4n) is 1.77. The molecular formula is C11H15N3O3S. The fraction of sp³-hybridized carbons (Fsp3) is 0.545. The lowest BCUT2D eigenvalue weighted by Crippen LogP contribution is -2.40. The summed E-state index contributed by atoms with van der Waals surface area (Å²) >= 11 is 1.34. The summed E-state index contributed by atoms with van der Waals surface area (Å²) in [4.78, 5) is 27.3. The average molecular weight is 269 g/mol. The van der Waals surface area contributed by atoms with E-state index >= 15 is 0 Å². The van der Waals surface area contributed by atoms with Gasteiger partial charge in [-0.2, -0.15) is 0 Å². The highest BCUT2D eigenvalue weighted by Gasteiger charge is 2.40. The molecule has 2 heterocycles. The molecule has 18 heavy (non-hydrogen) atoms. The molecule has 1 aromatic heterocycles. The van der Waals surface area contributed by atoms with Crippen molar-refractivity contribution in [2.24, 2.45) is 0 Å². The minimum absolute atomic E-state index is 0.398. The Bertz CT molecular complexity index is 484. The van der Waals surface area contributed by atoms with Crippen molar-refractivity contribution in [2.45, 2.75) is 38.8 Å². The van der Waals surface area contributed by atoms with E-state index in [1.165, 1.54) is 11.3 Å². The van der Waals surface area contributed by atoms with Crippen LogP contribution in [0.1, 0.15) is 26.0 Å². The van der Waals surface area contributed by atoms with Gasteiger partial charge in [0.05, 0.1) is 5.69 Å². The molecule has 7 heteroatoms. The monoisotopic (exact) mass is 269 g/mol. The van der Waals surface area contributed by atoms with Crippen LogP contribution in [0.25, 0.3) is 0 Å². The third-order valence-electron chi connectivity index (χ3n) is 2.50. The lowest BCUT2D eigenvalue weighted by atomic mass is 10.0. The highest BCUT2D eigenvalue weighted by atomic mass is 32.1. The summed E-state index contributed by atoms with van der Waals surface area (Å²) in [6.07, 6.45) is 0.468. The zero-order chi connectivity index (χ0) is 13.3. The van der Waals surface area contributed by atoms with Crippen molar-refractivity contribution in [3.63, 3.8) is 0 Å². The molecule has 0 spiro atoms. The van der Waals surface area contributed by atoms with Gasteiger partial charge in [0.2, 0.25) is 0 Å². The van der Waals surface area contributed by atoms with Crippen molar-refractivity contribution < 1.29 is 14.3 Å². The predicted octanol–water partition coefficient (Wildman–Crippen LogP) is 1.67. The summed E-state index contributed by atoms with van der Waals surface area (Å²) in [7, 11) is 0. The Balaban J connectivity index is 1.90. The van der Waals surface area contributed by atoms with E-state index in [0.29, 0.717) is 11.6 Å². The fourth-order valence-corrected chi connectivity index (χ4v) is 2.46. The van der Waals surface area contributed by atoms with Crippen LogP contribution in [0.3, 0.4) is 0 Å². The predicted molar refractivity (Wildman–Crippen MR) is 67.6 cm³/mol. The lowest BCUT2D eigenvalue weighted by molar-refractivity contribution is -0.147. The number of hydrogen-bond acceptors (Lipinski definition) is 5. The number of carbonyl (C=O) groups excluding carboxylic acids is 2. The van der Waals surface area contributed by atoms with E-state index in [1.54, 1.807) is 0 Å². The molecule has 0 bridgehead atoms. The summed E-state index contributed by atoms with van der Waals surface area (Å²) in [5.74, 6) is -0.398. The van der Waals surface area contributed by atoms with Gasteiger partial charge >= 0.3 is 12.0 Å². The van der Waals surface area contributed by atoms with Crippen LogP contribution in [-0.2, 0) is 9.53 Å². The molecule has 1 saturated heterocycles. The Morgan fingerprint density at radius 3 is 2.83 bits per heavy atom. The van der Waals surface area contributed by atoms with Crippen LogP contribution in [0.15, 0.2) is 5.38 Å². The van der Waals surface area contributed by atoms with Crippen LogP contribution in [0.2, 0.25) is 0 Å². The number of amides is 2. The largest absolute Gasteiger partial charge is 0.458 e. The van der Waals surface area contributed by atoms with E-state index in [0.717, 1.165) is 5.69 Å². The van der Waals surface area contributed by atoms with Gasteiger partial charge in [-0.3, -0.25) is 5.32 Å². The minimum atomic E-state index is -0.596. The Labute approximate surface area is 109 Å². The molecular weight excluding hydrogens is 254 g/mol. The molecule has 1 aliphatic rings. The van der Waals surface area contributed by atoms with E-state index in [-0.39, 0.29) is 0 Å². The van der Waals surface area contributed by atoms with Crippen LogP contribution >= 0.6 is 11.3 Å². The summed E-state index contributed by atoms with van der Waals surface area (Å²) < 4.78 is 5.12. The number of cyclic esters (lactones) is 1. The molecule has 6 nitrogen and oxygen atoms in total. The van der Waals surface area contributed by atoms with Gasteiger partial charge in [0, 0.05) is 11.8 Å². The van der Waals surface area contributed by atoms with Crippen LogP contribution in [0.4, 0.5) is 9.93 Å². The maximum Gasteiger partial charge on any atom is 0.329 e. The first-order valence-corrected chi connectivity index (χ1v) is 6.46. The summed E-state index contributed by atoms with van der Waals surface area (Å²) in [5.41, 5.74) is 0.323. The molecule has 0 aliphatic carbocycles. The molecule has 0 aromatic carbocycles. The molecule has 1 atom stereocenters. The molecule has 2 rings (SSSR count). The number of rotatable bonds is 2. The highest BCUT2D eigenvalue weighted by Crippen LogP contribution is 2.25. The van der Waals surface area contributed by atoms with Crippen molar-refractivity contribution in [1.29, 1.82) is 0 Å². The van der Waals surface area contributed by atoms with E-state index in [2.05, 4.69) is 15.6 Å². The first-order chi connectivity index (χ1) is 8.35. The van der Waals surface area contributed by atoms with Crippen molar-refractivity contribution in [3.05, 3.63) is 11.1 Å². The Hall–Kier alpha value is -1.63. The highest BCUT2D eigenvalue weighted by molar-refractivity contribution is 7.13. The average Bonchev–Trinajstić information content (AvgIpc) is 2.71. The standard InChI is InChI=1S/C11H15N3O3S/c1-6-5-18-10(12-6)14-9(16)13-7-4-11(2,3)17-8(7)15/h5,7H,4H2,1-3H3,(H2,12,13,14,16)/t7-/m0/s1. The molecule has 98 valence electrons. The Morgan fingerprint density at radius 1 is 1.61 bits per heavy atom. The number of carbonyl (C=O) groups is 2. The van der Waals surface area contributed by atoms with Crippen molar-refractivity contribution in [2.75, 3.05) is 5.32 Å². The summed E-state index contributed by atoms with van der Waals surface area (Å²) in [6, 6.07) is -1.04. The van der Waals surface area contributed by atoms with E-state index in [4.69, 9.17) is 4.74 Å². The maximum atomic E-state index is 11.7. The van der Waals surface area contributed by atoms with Crippen LogP contribution in [-0.4, -0.2) is 28.6 Å². The molecule has 1 aromatic rings. The number of anilines is 1. The number of nitrogens with zero attached hydrogens (tertiary/aromatic N) is 1. The zero-order valence-corrected chi connectivity index (χ0v) is 11.3. The van der Waals surface area contributed by atoms with Crippen molar-refractivity contribution >= 4 is 28.5 Å². The second-order valence-corrected chi connectivity index (χ2v) is 5.69. The van der Waals surface area contributed by atoms with Gasteiger partial charge in [-0.15, -0.1) is 11.3 Å². The zero-order valence-electron chi connectivity index (χ0n) is 10.4. The maximum absolute atomic E-state index is 11.7. The van der Waals surface area contributed by atoms with Gasteiger partial charge in [-0.05, 0) is 20.8 Å². The van der Waals surface area contributed by atoms with Crippen molar-refractivity contribution in [1.82, 2.24) is 10.3 Å². The van der Waals surface area contributed by atoms with Crippen LogP contribution in [0, 0.1) is 6.92 Å². The number of nitrogens with one attached hydrogen (secondary N) is 2. The number of hydrogen-bond donors (Lipinski definition) is 2. The quantitative estimate of drug-likeness (QED) is 0.800. The molecule has 2 amide bonds. The normalized spacial score (nSPS) is 21.5. The minimum Gasteiger partial charge on any atom is -0.458 e. The molecule has 0 saturated carbocycles. The van der Waals surface area contributed by atoms with Gasteiger partial charge in [0.1, 0.15) is 11.6 Å². The Kier molecular flexibility index (Phi) is 3.25. The summed E-state index contributed by atoms with van der Waals surface area (Å²) in [5, 5.41) is 7.52. The Morgan fingerprint density at radius 2 is 2.33 bits per heavy atom.